The smallest absolute Gasteiger partial charge is 0.307 e. The average Bonchev–Trinajstić information content (AvgIpc) is 2.32. The summed E-state index contributed by atoms with van der Waals surface area (Å²) in [6, 6.07) is 1.95. The Labute approximate surface area is 111 Å². The number of rotatable bonds is 5. The summed E-state index contributed by atoms with van der Waals surface area (Å²) in [6.07, 6.45) is 0. The van der Waals surface area contributed by atoms with E-state index in [0.717, 1.165) is 6.07 Å². The SMILES string of the molecule is Cc1cc(F)c(C(C)N(C)CC(C)C(=O)O)cc1F. The summed E-state index contributed by atoms with van der Waals surface area (Å²) in [6.45, 7) is 5.08. The van der Waals surface area contributed by atoms with Crippen molar-refractivity contribution in [3.63, 3.8) is 0 Å². The number of carboxylic acids is 1. The molecule has 1 aromatic rings. The summed E-state index contributed by atoms with van der Waals surface area (Å²) in [4.78, 5) is 12.5. The van der Waals surface area contributed by atoms with Gasteiger partial charge in [0.05, 0.1) is 5.92 Å². The second-order valence-corrected chi connectivity index (χ2v) is 4.98. The Balaban J connectivity index is 2.91. The largest absolute Gasteiger partial charge is 0.481 e. The summed E-state index contributed by atoms with van der Waals surface area (Å²) in [5.74, 6) is -2.40. The minimum absolute atomic E-state index is 0.239. The lowest BCUT2D eigenvalue weighted by Crippen LogP contribution is -2.31. The number of halogens is 2. The highest BCUT2D eigenvalue weighted by atomic mass is 19.1. The zero-order chi connectivity index (χ0) is 14.7. The topological polar surface area (TPSA) is 40.5 Å². The average molecular weight is 271 g/mol. The molecule has 1 N–H and O–H groups in total. The van der Waals surface area contributed by atoms with Gasteiger partial charge in [-0.2, -0.15) is 0 Å². The van der Waals surface area contributed by atoms with Gasteiger partial charge in [-0.05, 0) is 38.6 Å². The molecule has 1 rings (SSSR count). The van der Waals surface area contributed by atoms with Gasteiger partial charge in [0.15, 0.2) is 0 Å². The molecule has 5 heteroatoms. The molecule has 106 valence electrons. The standard InChI is InChI=1S/C14H19F2NO2/c1-8-5-13(16)11(6-12(8)15)10(3)17(4)7-9(2)14(18)19/h5-6,9-10H,7H2,1-4H3,(H,18,19). The molecule has 0 aliphatic rings. The van der Waals surface area contributed by atoms with E-state index in [-0.39, 0.29) is 17.7 Å². The second-order valence-electron chi connectivity index (χ2n) is 4.98. The highest BCUT2D eigenvalue weighted by Crippen LogP contribution is 2.25. The number of aryl methyl sites for hydroxylation is 1. The van der Waals surface area contributed by atoms with Crippen LogP contribution in [0.1, 0.15) is 31.0 Å². The number of nitrogens with zero attached hydrogens (tertiary/aromatic N) is 1. The molecule has 0 spiro atoms. The van der Waals surface area contributed by atoms with Gasteiger partial charge in [-0.25, -0.2) is 8.78 Å². The number of benzene rings is 1. The van der Waals surface area contributed by atoms with Crippen LogP contribution in [0.3, 0.4) is 0 Å². The molecule has 3 nitrogen and oxygen atoms in total. The van der Waals surface area contributed by atoms with Crippen molar-refractivity contribution in [2.75, 3.05) is 13.6 Å². The molecule has 0 saturated carbocycles. The highest BCUT2D eigenvalue weighted by molar-refractivity contribution is 5.69. The van der Waals surface area contributed by atoms with Crippen LogP contribution >= 0.6 is 0 Å². The molecule has 0 fully saturated rings. The van der Waals surface area contributed by atoms with Crippen LogP contribution in [0.5, 0.6) is 0 Å². The Morgan fingerprint density at radius 2 is 1.89 bits per heavy atom. The predicted octanol–water partition coefficient (Wildman–Crippen LogP) is 2.99. The Hall–Kier alpha value is -1.49. The highest BCUT2D eigenvalue weighted by Gasteiger charge is 2.21. The molecular formula is C14H19F2NO2. The van der Waals surface area contributed by atoms with Crippen molar-refractivity contribution in [3.8, 4) is 0 Å². The number of carbonyl (C=O) groups is 1. The Morgan fingerprint density at radius 3 is 2.42 bits per heavy atom. The first kappa shape index (κ1) is 15.6. The third kappa shape index (κ3) is 3.73. The summed E-state index contributed by atoms with van der Waals surface area (Å²) in [5, 5.41) is 8.86. The Kier molecular flexibility index (Phi) is 5.00. The fourth-order valence-electron chi connectivity index (χ4n) is 1.89. The van der Waals surface area contributed by atoms with Crippen LogP contribution in [0.4, 0.5) is 8.78 Å². The van der Waals surface area contributed by atoms with Crippen molar-refractivity contribution in [2.45, 2.75) is 26.8 Å². The van der Waals surface area contributed by atoms with Crippen LogP contribution in [-0.2, 0) is 4.79 Å². The lowest BCUT2D eigenvalue weighted by atomic mass is 10.0. The number of hydrogen-bond donors (Lipinski definition) is 1. The van der Waals surface area contributed by atoms with Gasteiger partial charge in [0, 0.05) is 18.2 Å². The van der Waals surface area contributed by atoms with E-state index in [1.165, 1.54) is 13.0 Å². The molecular weight excluding hydrogens is 252 g/mol. The molecule has 2 atom stereocenters. The van der Waals surface area contributed by atoms with Gasteiger partial charge in [-0.3, -0.25) is 9.69 Å². The maximum absolute atomic E-state index is 13.8. The fourth-order valence-corrected chi connectivity index (χ4v) is 1.89. The van der Waals surface area contributed by atoms with E-state index < -0.39 is 29.6 Å². The summed E-state index contributed by atoms with van der Waals surface area (Å²) < 4.78 is 27.3. The van der Waals surface area contributed by atoms with Crippen LogP contribution in [0.25, 0.3) is 0 Å². The third-order valence-corrected chi connectivity index (χ3v) is 3.37. The van der Waals surface area contributed by atoms with Crippen molar-refractivity contribution < 1.29 is 18.7 Å². The van der Waals surface area contributed by atoms with Gasteiger partial charge in [-0.15, -0.1) is 0 Å². The van der Waals surface area contributed by atoms with E-state index in [9.17, 15) is 13.6 Å². The van der Waals surface area contributed by atoms with E-state index >= 15 is 0 Å². The maximum Gasteiger partial charge on any atom is 0.307 e. The molecule has 0 aromatic heterocycles. The minimum atomic E-state index is -0.908. The summed E-state index contributed by atoms with van der Waals surface area (Å²) in [7, 11) is 1.70. The predicted molar refractivity (Wildman–Crippen MR) is 68.9 cm³/mol. The van der Waals surface area contributed by atoms with E-state index in [0.29, 0.717) is 0 Å². The van der Waals surface area contributed by atoms with Crippen LogP contribution in [-0.4, -0.2) is 29.6 Å². The second kappa shape index (κ2) is 6.10. The zero-order valence-corrected chi connectivity index (χ0v) is 11.6. The van der Waals surface area contributed by atoms with Crippen molar-refractivity contribution in [1.29, 1.82) is 0 Å². The monoisotopic (exact) mass is 271 g/mol. The van der Waals surface area contributed by atoms with Crippen LogP contribution in [0, 0.1) is 24.5 Å². The van der Waals surface area contributed by atoms with Crippen LogP contribution in [0.15, 0.2) is 12.1 Å². The molecule has 0 bridgehead atoms. The zero-order valence-electron chi connectivity index (χ0n) is 11.6. The normalized spacial score (nSPS) is 14.5. The molecule has 0 aliphatic carbocycles. The number of carboxylic acid groups (broad SMARTS) is 1. The van der Waals surface area contributed by atoms with Gasteiger partial charge in [0.1, 0.15) is 11.6 Å². The summed E-state index contributed by atoms with van der Waals surface area (Å²) >= 11 is 0. The lowest BCUT2D eigenvalue weighted by Gasteiger charge is -2.27. The molecule has 19 heavy (non-hydrogen) atoms. The van der Waals surface area contributed by atoms with Crippen molar-refractivity contribution >= 4 is 5.97 Å². The molecule has 0 heterocycles. The molecule has 0 saturated heterocycles. The van der Waals surface area contributed by atoms with Crippen LogP contribution in [0.2, 0.25) is 0 Å². The van der Waals surface area contributed by atoms with Crippen molar-refractivity contribution in [1.82, 2.24) is 4.90 Å². The maximum atomic E-state index is 13.8. The minimum Gasteiger partial charge on any atom is -0.481 e. The first-order valence-electron chi connectivity index (χ1n) is 6.12. The lowest BCUT2D eigenvalue weighted by molar-refractivity contribution is -0.141. The van der Waals surface area contributed by atoms with E-state index in [1.807, 2.05) is 0 Å². The van der Waals surface area contributed by atoms with Gasteiger partial charge in [0.25, 0.3) is 0 Å². The quantitative estimate of drug-likeness (QED) is 0.895. The number of hydrogen-bond acceptors (Lipinski definition) is 2. The fraction of sp³-hybridized carbons (Fsp3) is 0.500. The molecule has 0 aliphatic heterocycles. The van der Waals surface area contributed by atoms with E-state index in [2.05, 4.69) is 0 Å². The van der Waals surface area contributed by atoms with Gasteiger partial charge >= 0.3 is 5.97 Å². The molecule has 1 aromatic carbocycles. The van der Waals surface area contributed by atoms with Crippen molar-refractivity contribution in [2.24, 2.45) is 5.92 Å². The third-order valence-electron chi connectivity index (χ3n) is 3.37. The first-order valence-corrected chi connectivity index (χ1v) is 6.12. The molecule has 0 radical (unpaired) electrons. The van der Waals surface area contributed by atoms with Crippen LogP contribution < -0.4 is 0 Å². The number of aliphatic carboxylic acids is 1. The van der Waals surface area contributed by atoms with E-state index in [1.54, 1.807) is 25.8 Å². The Morgan fingerprint density at radius 1 is 1.32 bits per heavy atom. The first-order chi connectivity index (χ1) is 8.73. The van der Waals surface area contributed by atoms with Gasteiger partial charge in [0.2, 0.25) is 0 Å². The van der Waals surface area contributed by atoms with Gasteiger partial charge < -0.3 is 5.11 Å². The van der Waals surface area contributed by atoms with E-state index in [4.69, 9.17) is 5.11 Å². The van der Waals surface area contributed by atoms with Crippen molar-refractivity contribution in [3.05, 3.63) is 34.9 Å². The summed E-state index contributed by atoms with van der Waals surface area (Å²) in [5.41, 5.74) is 0.498. The van der Waals surface area contributed by atoms with Gasteiger partial charge in [-0.1, -0.05) is 6.92 Å². The Bertz CT molecular complexity index is 477. The molecule has 2 unspecified atom stereocenters. The molecule has 0 amide bonds.